The summed E-state index contributed by atoms with van der Waals surface area (Å²) in [7, 11) is 1.75. The van der Waals surface area contributed by atoms with Gasteiger partial charge >= 0.3 is 0 Å². The van der Waals surface area contributed by atoms with Gasteiger partial charge in [-0.3, -0.25) is 4.98 Å². The smallest absolute Gasteiger partial charge is 0.0674 e. The molecule has 0 saturated heterocycles. The molecule has 0 fully saturated rings. The molecule has 0 aromatic carbocycles. The van der Waals surface area contributed by atoms with Crippen LogP contribution in [0.25, 0.3) is 0 Å². The summed E-state index contributed by atoms with van der Waals surface area (Å²) in [6.45, 7) is 6.76. The monoisotopic (exact) mass is 261 g/mol. The molecular weight excluding hydrogens is 238 g/mol. The lowest BCUT2D eigenvalue weighted by molar-refractivity contribution is 0.222. The van der Waals surface area contributed by atoms with E-state index in [-0.39, 0.29) is 0 Å². The Kier molecular flexibility index (Phi) is 5.36. The van der Waals surface area contributed by atoms with E-state index in [4.69, 9.17) is 4.74 Å². The van der Waals surface area contributed by atoms with E-state index in [2.05, 4.69) is 34.3 Å². The number of pyridine rings is 1. The quantitative estimate of drug-likeness (QED) is 0.795. The van der Waals surface area contributed by atoms with Crippen LogP contribution in [-0.2, 0) is 11.3 Å². The Hall–Kier alpha value is -1.39. The lowest BCUT2D eigenvalue weighted by Gasteiger charge is -2.29. The van der Waals surface area contributed by atoms with Crippen molar-refractivity contribution in [2.24, 2.45) is 0 Å². The molecular formula is C15H23N3O. The predicted octanol–water partition coefficient (Wildman–Crippen LogP) is 1.97. The van der Waals surface area contributed by atoms with Gasteiger partial charge in [-0.2, -0.15) is 0 Å². The maximum absolute atomic E-state index is 5.19. The Morgan fingerprint density at radius 2 is 2.37 bits per heavy atom. The van der Waals surface area contributed by atoms with Gasteiger partial charge in [-0.25, -0.2) is 0 Å². The van der Waals surface area contributed by atoms with E-state index in [1.165, 1.54) is 16.8 Å². The molecule has 1 aliphatic rings. The molecule has 0 amide bonds. The summed E-state index contributed by atoms with van der Waals surface area (Å²) in [5.41, 5.74) is 3.97. The normalized spacial score (nSPS) is 15.5. The molecule has 0 bridgehead atoms. The van der Waals surface area contributed by atoms with Crippen LogP contribution in [0.4, 0.5) is 5.69 Å². The fraction of sp³-hybridized carbons (Fsp3) is 0.533. The number of hydrogen-bond donors (Lipinski definition) is 1. The molecule has 0 spiro atoms. The molecule has 0 radical (unpaired) electrons. The van der Waals surface area contributed by atoms with Crippen LogP contribution >= 0.6 is 0 Å². The zero-order valence-corrected chi connectivity index (χ0v) is 11.9. The number of aromatic nitrogens is 1. The topological polar surface area (TPSA) is 37.4 Å². The summed E-state index contributed by atoms with van der Waals surface area (Å²) in [6.07, 6.45) is 7.19. The summed E-state index contributed by atoms with van der Waals surface area (Å²) in [5.74, 6) is 0. The highest BCUT2D eigenvalue weighted by molar-refractivity contribution is 5.53. The summed E-state index contributed by atoms with van der Waals surface area (Å²) >= 11 is 0. The second kappa shape index (κ2) is 7.26. The maximum Gasteiger partial charge on any atom is 0.0674 e. The molecule has 0 saturated carbocycles. The van der Waals surface area contributed by atoms with Crippen molar-refractivity contribution in [2.45, 2.75) is 19.9 Å². The second-order valence-electron chi connectivity index (χ2n) is 4.78. The first kappa shape index (κ1) is 14.0. The molecule has 1 N–H and O–H groups in total. The van der Waals surface area contributed by atoms with Crippen molar-refractivity contribution in [1.29, 1.82) is 0 Å². The third-order valence-corrected chi connectivity index (χ3v) is 3.43. The number of rotatable bonds is 6. The minimum Gasteiger partial charge on any atom is -0.380 e. The van der Waals surface area contributed by atoms with Crippen LogP contribution in [0.3, 0.4) is 0 Å². The Labute approximate surface area is 115 Å². The number of ether oxygens (including phenoxy) is 1. The average Bonchev–Trinajstić information content (AvgIpc) is 2.47. The van der Waals surface area contributed by atoms with Crippen LogP contribution in [-0.4, -0.2) is 38.3 Å². The van der Waals surface area contributed by atoms with Gasteiger partial charge in [0.1, 0.15) is 0 Å². The molecule has 4 heteroatoms. The minimum atomic E-state index is 0.755. The van der Waals surface area contributed by atoms with Gasteiger partial charge in [0.05, 0.1) is 18.5 Å². The van der Waals surface area contributed by atoms with Crippen molar-refractivity contribution in [3.63, 3.8) is 0 Å². The Balaban J connectivity index is 2.06. The van der Waals surface area contributed by atoms with Crippen LogP contribution in [0.1, 0.15) is 18.9 Å². The van der Waals surface area contributed by atoms with Crippen molar-refractivity contribution >= 4 is 5.69 Å². The highest BCUT2D eigenvalue weighted by Crippen LogP contribution is 2.23. The Morgan fingerprint density at radius 3 is 3.05 bits per heavy atom. The Bertz CT molecular complexity index is 431. The summed E-state index contributed by atoms with van der Waals surface area (Å²) in [4.78, 5) is 6.66. The van der Waals surface area contributed by atoms with Crippen molar-refractivity contribution in [1.82, 2.24) is 10.3 Å². The summed E-state index contributed by atoms with van der Waals surface area (Å²) in [5, 5.41) is 3.38. The van der Waals surface area contributed by atoms with E-state index in [0.717, 1.165) is 39.2 Å². The number of anilines is 1. The fourth-order valence-electron chi connectivity index (χ4n) is 2.36. The Morgan fingerprint density at radius 1 is 1.47 bits per heavy atom. The van der Waals surface area contributed by atoms with E-state index >= 15 is 0 Å². The van der Waals surface area contributed by atoms with Crippen LogP contribution in [0.2, 0.25) is 0 Å². The number of hydrogen-bond acceptors (Lipinski definition) is 4. The summed E-state index contributed by atoms with van der Waals surface area (Å²) in [6, 6.07) is 2.10. The summed E-state index contributed by atoms with van der Waals surface area (Å²) < 4.78 is 5.19. The minimum absolute atomic E-state index is 0.755. The van der Waals surface area contributed by atoms with Crippen LogP contribution in [0.5, 0.6) is 0 Å². The zero-order chi connectivity index (χ0) is 13.5. The van der Waals surface area contributed by atoms with Crippen molar-refractivity contribution in [3.05, 3.63) is 35.7 Å². The highest BCUT2D eigenvalue weighted by Gasteiger charge is 2.15. The highest BCUT2D eigenvalue weighted by atomic mass is 16.5. The van der Waals surface area contributed by atoms with E-state index < -0.39 is 0 Å². The van der Waals surface area contributed by atoms with E-state index in [1.54, 1.807) is 7.11 Å². The zero-order valence-electron chi connectivity index (χ0n) is 11.9. The van der Waals surface area contributed by atoms with Crippen molar-refractivity contribution in [2.75, 3.05) is 38.3 Å². The van der Waals surface area contributed by atoms with Gasteiger partial charge in [0.2, 0.25) is 0 Å². The molecule has 2 rings (SSSR count). The van der Waals surface area contributed by atoms with Gasteiger partial charge in [-0.05, 0) is 30.2 Å². The predicted molar refractivity (Wildman–Crippen MR) is 78.4 cm³/mol. The molecule has 19 heavy (non-hydrogen) atoms. The van der Waals surface area contributed by atoms with E-state index in [9.17, 15) is 0 Å². The van der Waals surface area contributed by atoms with Gasteiger partial charge in [-0.1, -0.05) is 13.0 Å². The number of methoxy groups -OCH3 is 1. The first-order valence-corrected chi connectivity index (χ1v) is 6.90. The van der Waals surface area contributed by atoms with Crippen LogP contribution < -0.4 is 10.2 Å². The van der Waals surface area contributed by atoms with Crippen molar-refractivity contribution in [3.8, 4) is 0 Å². The lowest BCUT2D eigenvalue weighted by atomic mass is 10.1. The third-order valence-electron chi connectivity index (χ3n) is 3.43. The average molecular weight is 261 g/mol. The van der Waals surface area contributed by atoms with Gasteiger partial charge < -0.3 is 15.0 Å². The molecule has 104 valence electrons. The molecule has 4 nitrogen and oxygen atoms in total. The lowest BCUT2D eigenvalue weighted by Crippen LogP contribution is -2.30. The van der Waals surface area contributed by atoms with Gasteiger partial charge in [-0.15, -0.1) is 0 Å². The fourth-order valence-corrected chi connectivity index (χ4v) is 2.36. The van der Waals surface area contributed by atoms with E-state index in [1.807, 2.05) is 12.4 Å². The van der Waals surface area contributed by atoms with E-state index in [0.29, 0.717) is 0 Å². The second-order valence-corrected chi connectivity index (χ2v) is 4.78. The van der Waals surface area contributed by atoms with Gasteiger partial charge in [0.15, 0.2) is 0 Å². The molecule has 2 heterocycles. The SMILES string of the molecule is CCNCc1ccncc1N1CC=C(COC)CC1. The van der Waals surface area contributed by atoms with Gasteiger partial charge in [0, 0.05) is 32.9 Å². The maximum atomic E-state index is 5.19. The molecule has 1 aliphatic heterocycles. The first-order chi connectivity index (χ1) is 9.35. The molecule has 0 aliphatic carbocycles. The van der Waals surface area contributed by atoms with Crippen LogP contribution in [0, 0.1) is 0 Å². The first-order valence-electron chi connectivity index (χ1n) is 6.90. The molecule has 0 unspecified atom stereocenters. The van der Waals surface area contributed by atoms with Gasteiger partial charge in [0.25, 0.3) is 0 Å². The number of nitrogens with one attached hydrogen (secondary N) is 1. The standard InChI is InChI=1S/C15H23N3O/c1-3-16-10-14-4-7-17-11-15(14)18-8-5-13(6-9-18)12-19-2/h4-5,7,11,16H,3,6,8-10,12H2,1-2H3. The number of nitrogens with zero attached hydrogens (tertiary/aromatic N) is 2. The van der Waals surface area contributed by atoms with Crippen LogP contribution in [0.15, 0.2) is 30.1 Å². The molecule has 0 atom stereocenters. The largest absolute Gasteiger partial charge is 0.380 e. The third kappa shape index (κ3) is 3.78. The molecule has 1 aromatic heterocycles. The van der Waals surface area contributed by atoms with Crippen molar-refractivity contribution < 1.29 is 4.74 Å². The molecule has 1 aromatic rings.